The number of rotatable bonds is 3. The summed E-state index contributed by atoms with van der Waals surface area (Å²) < 4.78 is 1.77. The molecule has 2 heterocycles. The molecule has 6 heteroatoms. The Hall–Kier alpha value is -1.69. The predicted molar refractivity (Wildman–Crippen MR) is 56.0 cm³/mol. The van der Waals surface area contributed by atoms with Crippen LogP contribution in [0, 0.1) is 0 Å². The van der Waals surface area contributed by atoms with Gasteiger partial charge in [-0.3, -0.25) is 4.68 Å². The molecule has 0 aromatic carbocycles. The number of nitrogens with zero attached hydrogens (tertiary/aromatic N) is 3. The molecule has 2 aromatic rings. The molecular weight excluding hydrogens is 214 g/mol. The molecule has 78 valence electrons. The third-order valence-electron chi connectivity index (χ3n) is 1.92. The number of carboxylic acid groups (broad SMARTS) is 1. The monoisotopic (exact) mass is 223 g/mol. The van der Waals surface area contributed by atoms with Crippen LogP contribution in [0.1, 0.15) is 16.6 Å². The first kappa shape index (κ1) is 9.85. The van der Waals surface area contributed by atoms with Crippen molar-refractivity contribution in [3.63, 3.8) is 0 Å². The zero-order chi connectivity index (χ0) is 10.8. The quantitative estimate of drug-likeness (QED) is 0.860. The number of thiazole rings is 1. The number of hydrogen-bond acceptors (Lipinski definition) is 4. The van der Waals surface area contributed by atoms with Crippen LogP contribution in [0.5, 0.6) is 0 Å². The van der Waals surface area contributed by atoms with E-state index in [0.29, 0.717) is 5.01 Å². The Bertz CT molecular complexity index is 489. The van der Waals surface area contributed by atoms with E-state index in [-0.39, 0.29) is 4.88 Å². The molecule has 0 aliphatic rings. The van der Waals surface area contributed by atoms with Crippen LogP contribution in [-0.2, 0) is 6.54 Å². The number of aromatic carboxylic acids is 1. The van der Waals surface area contributed by atoms with Crippen LogP contribution in [0.2, 0.25) is 0 Å². The van der Waals surface area contributed by atoms with Gasteiger partial charge >= 0.3 is 5.97 Å². The van der Waals surface area contributed by atoms with Gasteiger partial charge in [0.05, 0.1) is 12.4 Å². The van der Waals surface area contributed by atoms with Crippen molar-refractivity contribution in [3.05, 3.63) is 23.5 Å². The number of aryl methyl sites for hydroxylation is 1. The van der Waals surface area contributed by atoms with Gasteiger partial charge in [0.15, 0.2) is 0 Å². The van der Waals surface area contributed by atoms with Crippen molar-refractivity contribution in [2.24, 2.45) is 0 Å². The fourth-order valence-electron chi connectivity index (χ4n) is 1.15. The Morgan fingerprint density at radius 3 is 2.93 bits per heavy atom. The molecule has 0 fully saturated rings. The van der Waals surface area contributed by atoms with Gasteiger partial charge in [-0.15, -0.1) is 11.3 Å². The molecule has 1 N–H and O–H groups in total. The summed E-state index contributed by atoms with van der Waals surface area (Å²) in [5.41, 5.74) is 0.856. The highest BCUT2D eigenvalue weighted by atomic mass is 32.1. The molecule has 0 saturated carbocycles. The van der Waals surface area contributed by atoms with Gasteiger partial charge in [0, 0.05) is 18.3 Å². The summed E-state index contributed by atoms with van der Waals surface area (Å²) in [6.45, 7) is 2.78. The van der Waals surface area contributed by atoms with Gasteiger partial charge in [-0.1, -0.05) is 0 Å². The first-order valence-corrected chi connectivity index (χ1v) is 5.24. The Morgan fingerprint density at radius 1 is 1.60 bits per heavy atom. The van der Waals surface area contributed by atoms with E-state index >= 15 is 0 Å². The molecule has 15 heavy (non-hydrogen) atoms. The van der Waals surface area contributed by atoms with E-state index in [0.717, 1.165) is 23.4 Å². The summed E-state index contributed by atoms with van der Waals surface area (Å²) >= 11 is 1.15. The molecule has 2 rings (SSSR count). The second kappa shape index (κ2) is 3.82. The number of hydrogen-bond donors (Lipinski definition) is 1. The van der Waals surface area contributed by atoms with Gasteiger partial charge in [0.25, 0.3) is 0 Å². The van der Waals surface area contributed by atoms with Crippen LogP contribution >= 0.6 is 11.3 Å². The van der Waals surface area contributed by atoms with Gasteiger partial charge in [0.1, 0.15) is 9.88 Å². The third-order valence-corrected chi connectivity index (χ3v) is 2.96. The van der Waals surface area contributed by atoms with Crippen molar-refractivity contribution in [2.75, 3.05) is 0 Å². The van der Waals surface area contributed by atoms with E-state index in [1.807, 2.05) is 13.1 Å². The highest BCUT2D eigenvalue weighted by Crippen LogP contribution is 2.24. The van der Waals surface area contributed by atoms with Crippen molar-refractivity contribution in [1.29, 1.82) is 0 Å². The molecule has 0 atom stereocenters. The second-order valence-electron chi connectivity index (χ2n) is 2.92. The molecule has 0 saturated heterocycles. The van der Waals surface area contributed by atoms with Crippen LogP contribution in [0.15, 0.2) is 18.6 Å². The van der Waals surface area contributed by atoms with Crippen molar-refractivity contribution in [3.8, 4) is 10.6 Å². The minimum atomic E-state index is -0.943. The lowest BCUT2D eigenvalue weighted by molar-refractivity contribution is 0.0702. The summed E-state index contributed by atoms with van der Waals surface area (Å²) in [6, 6.07) is 0. The molecule has 2 aromatic heterocycles. The topological polar surface area (TPSA) is 68.0 Å². The largest absolute Gasteiger partial charge is 0.477 e. The Kier molecular flexibility index (Phi) is 2.51. The van der Waals surface area contributed by atoms with Gasteiger partial charge in [-0.05, 0) is 6.92 Å². The third kappa shape index (κ3) is 1.89. The molecule has 0 spiro atoms. The first-order valence-electron chi connectivity index (χ1n) is 4.42. The number of carbonyl (C=O) groups is 1. The summed E-state index contributed by atoms with van der Waals surface area (Å²) in [7, 11) is 0. The molecule has 0 unspecified atom stereocenters. The zero-order valence-corrected chi connectivity index (χ0v) is 8.86. The lowest BCUT2D eigenvalue weighted by atomic mass is 10.4. The molecule has 0 bridgehead atoms. The van der Waals surface area contributed by atoms with E-state index in [2.05, 4.69) is 10.1 Å². The van der Waals surface area contributed by atoms with E-state index < -0.39 is 5.97 Å². The van der Waals surface area contributed by atoms with Crippen LogP contribution in [-0.4, -0.2) is 25.8 Å². The minimum absolute atomic E-state index is 0.245. The number of aromatic nitrogens is 3. The summed E-state index contributed by atoms with van der Waals surface area (Å²) in [6.07, 6.45) is 4.91. The summed E-state index contributed by atoms with van der Waals surface area (Å²) in [4.78, 5) is 14.9. The molecule has 5 nitrogen and oxygen atoms in total. The molecule has 0 aliphatic heterocycles. The first-order chi connectivity index (χ1) is 7.20. The van der Waals surface area contributed by atoms with E-state index in [1.54, 1.807) is 10.9 Å². The van der Waals surface area contributed by atoms with Gasteiger partial charge < -0.3 is 5.11 Å². The van der Waals surface area contributed by atoms with Crippen molar-refractivity contribution in [1.82, 2.24) is 14.8 Å². The lowest BCUT2D eigenvalue weighted by Gasteiger charge is -1.90. The lowest BCUT2D eigenvalue weighted by Crippen LogP contribution is -1.91. The van der Waals surface area contributed by atoms with Gasteiger partial charge in [-0.2, -0.15) is 5.10 Å². The minimum Gasteiger partial charge on any atom is -0.477 e. The smallest absolute Gasteiger partial charge is 0.347 e. The SMILES string of the molecule is CCn1cc(-c2ncc(C(=O)O)s2)cn1. The maximum absolute atomic E-state index is 10.7. The highest BCUT2D eigenvalue weighted by Gasteiger charge is 2.10. The second-order valence-corrected chi connectivity index (χ2v) is 3.95. The van der Waals surface area contributed by atoms with Crippen molar-refractivity contribution < 1.29 is 9.90 Å². The van der Waals surface area contributed by atoms with Crippen molar-refractivity contribution in [2.45, 2.75) is 13.5 Å². The van der Waals surface area contributed by atoms with Crippen molar-refractivity contribution >= 4 is 17.3 Å². The maximum Gasteiger partial charge on any atom is 0.347 e. The van der Waals surface area contributed by atoms with E-state index in [4.69, 9.17) is 5.11 Å². The normalized spacial score (nSPS) is 10.5. The van der Waals surface area contributed by atoms with Gasteiger partial charge in [0.2, 0.25) is 0 Å². The highest BCUT2D eigenvalue weighted by molar-refractivity contribution is 7.16. The van der Waals surface area contributed by atoms with Crippen LogP contribution in [0.25, 0.3) is 10.6 Å². The average molecular weight is 223 g/mol. The fraction of sp³-hybridized carbons (Fsp3) is 0.222. The molecule has 0 amide bonds. The molecule has 0 aliphatic carbocycles. The summed E-state index contributed by atoms with van der Waals surface area (Å²) in [5.74, 6) is -0.943. The Balaban J connectivity index is 2.32. The Labute approximate surface area is 90.0 Å². The van der Waals surface area contributed by atoms with E-state index in [9.17, 15) is 4.79 Å². The van der Waals surface area contributed by atoms with Crippen LogP contribution in [0.3, 0.4) is 0 Å². The fourth-order valence-corrected chi connectivity index (χ4v) is 1.88. The van der Waals surface area contributed by atoms with Gasteiger partial charge in [-0.25, -0.2) is 9.78 Å². The zero-order valence-electron chi connectivity index (χ0n) is 8.04. The molecular formula is C9H9N3O2S. The summed E-state index contributed by atoms with van der Waals surface area (Å²) in [5, 5.41) is 13.5. The number of carboxylic acids is 1. The molecule has 0 radical (unpaired) electrons. The van der Waals surface area contributed by atoms with Crippen LogP contribution < -0.4 is 0 Å². The van der Waals surface area contributed by atoms with E-state index in [1.165, 1.54) is 6.20 Å². The Morgan fingerprint density at radius 2 is 2.40 bits per heavy atom. The standard InChI is InChI=1S/C9H9N3O2S/c1-2-12-5-6(3-11-12)8-10-4-7(15-8)9(13)14/h3-5H,2H2,1H3,(H,13,14). The predicted octanol–water partition coefficient (Wildman–Crippen LogP) is 1.72. The van der Waals surface area contributed by atoms with Crippen LogP contribution in [0.4, 0.5) is 0 Å². The average Bonchev–Trinajstić information content (AvgIpc) is 2.86. The maximum atomic E-state index is 10.7.